The summed E-state index contributed by atoms with van der Waals surface area (Å²) in [6.07, 6.45) is 3.13. The van der Waals surface area contributed by atoms with Crippen molar-refractivity contribution in [3.63, 3.8) is 0 Å². The van der Waals surface area contributed by atoms with Crippen molar-refractivity contribution >= 4 is 35.0 Å². The number of carbonyl (C=O) groups excluding carboxylic acids is 2. The lowest BCUT2D eigenvalue weighted by molar-refractivity contribution is -0.119. The maximum absolute atomic E-state index is 12.1. The molecule has 0 fully saturated rings. The second-order valence-electron chi connectivity index (χ2n) is 4.61. The Morgan fingerprint density at radius 3 is 2.64 bits per heavy atom. The molecule has 1 aromatic heterocycles. The summed E-state index contributed by atoms with van der Waals surface area (Å²) in [5, 5.41) is 3.48. The highest BCUT2D eigenvalue weighted by Gasteiger charge is 2.20. The first-order valence-corrected chi connectivity index (χ1v) is 7.17. The number of nitrogens with one attached hydrogen (secondary N) is 1. The summed E-state index contributed by atoms with van der Waals surface area (Å²) in [7, 11) is 0. The molecule has 0 aliphatic heterocycles. The number of rotatable bonds is 5. The zero-order valence-electron chi connectivity index (χ0n) is 11.4. The number of nitrogens with zero attached hydrogens (tertiary/aromatic N) is 1. The number of halogens is 2. The van der Waals surface area contributed by atoms with E-state index in [4.69, 9.17) is 28.9 Å². The molecule has 5 nitrogen and oxygen atoms in total. The van der Waals surface area contributed by atoms with E-state index in [9.17, 15) is 9.59 Å². The number of primary amides is 1. The van der Waals surface area contributed by atoms with Gasteiger partial charge in [0.2, 0.25) is 5.91 Å². The molecule has 0 saturated heterocycles. The van der Waals surface area contributed by atoms with Gasteiger partial charge in [-0.15, -0.1) is 0 Å². The maximum atomic E-state index is 12.1. The van der Waals surface area contributed by atoms with Gasteiger partial charge >= 0.3 is 0 Å². The lowest BCUT2D eigenvalue weighted by atomic mass is 10.0. The van der Waals surface area contributed by atoms with Crippen molar-refractivity contribution in [1.82, 2.24) is 10.3 Å². The first-order chi connectivity index (χ1) is 10.5. The molecular formula is C15H13Cl2N3O2. The van der Waals surface area contributed by atoms with Crippen molar-refractivity contribution < 1.29 is 9.59 Å². The highest BCUT2D eigenvalue weighted by atomic mass is 35.5. The third-order valence-corrected chi connectivity index (χ3v) is 3.60. The largest absolute Gasteiger partial charge is 0.368 e. The minimum atomic E-state index is -0.883. The third-order valence-electron chi connectivity index (χ3n) is 3.01. The van der Waals surface area contributed by atoms with Crippen molar-refractivity contribution in [3.05, 3.63) is 63.9 Å². The molecule has 2 aromatic rings. The van der Waals surface area contributed by atoms with E-state index in [1.807, 2.05) is 0 Å². The maximum Gasteiger partial charge on any atom is 0.253 e. The van der Waals surface area contributed by atoms with Crippen molar-refractivity contribution in [2.45, 2.75) is 12.5 Å². The van der Waals surface area contributed by atoms with Crippen LogP contribution in [0.3, 0.4) is 0 Å². The van der Waals surface area contributed by atoms with Gasteiger partial charge in [-0.1, -0.05) is 29.3 Å². The predicted octanol–water partition coefficient (Wildman–Crippen LogP) is 2.21. The van der Waals surface area contributed by atoms with Gasteiger partial charge in [-0.05, 0) is 29.8 Å². The van der Waals surface area contributed by atoms with Gasteiger partial charge in [0.25, 0.3) is 5.91 Å². The second kappa shape index (κ2) is 7.24. The number of pyridine rings is 1. The summed E-state index contributed by atoms with van der Waals surface area (Å²) >= 11 is 11.9. The van der Waals surface area contributed by atoms with E-state index in [2.05, 4.69) is 10.3 Å². The molecule has 0 unspecified atom stereocenters. The van der Waals surface area contributed by atoms with Gasteiger partial charge in [0, 0.05) is 28.9 Å². The molecule has 0 radical (unpaired) electrons. The van der Waals surface area contributed by atoms with Gasteiger partial charge in [-0.25, -0.2) is 0 Å². The Morgan fingerprint density at radius 2 is 2.05 bits per heavy atom. The van der Waals surface area contributed by atoms with E-state index in [1.54, 1.807) is 36.5 Å². The Bertz CT molecular complexity index is 692. The number of amides is 2. The van der Waals surface area contributed by atoms with Crippen LogP contribution < -0.4 is 11.1 Å². The first-order valence-electron chi connectivity index (χ1n) is 6.41. The van der Waals surface area contributed by atoms with Gasteiger partial charge in [0.1, 0.15) is 6.04 Å². The van der Waals surface area contributed by atoms with Crippen molar-refractivity contribution in [3.8, 4) is 0 Å². The van der Waals surface area contributed by atoms with E-state index in [0.29, 0.717) is 21.2 Å². The summed E-state index contributed by atoms with van der Waals surface area (Å²) in [5.41, 5.74) is 6.36. The molecule has 0 bridgehead atoms. The molecule has 7 heteroatoms. The lowest BCUT2D eigenvalue weighted by Crippen LogP contribution is -2.45. The smallest absolute Gasteiger partial charge is 0.253 e. The molecule has 1 atom stereocenters. The SMILES string of the molecule is NC(=O)[C@H](Cc1ccc(Cl)cc1Cl)NC(=O)c1cccnc1. The van der Waals surface area contributed by atoms with Gasteiger partial charge in [-0.2, -0.15) is 0 Å². The average molecular weight is 338 g/mol. The topological polar surface area (TPSA) is 85.1 Å². The highest BCUT2D eigenvalue weighted by molar-refractivity contribution is 6.35. The van der Waals surface area contributed by atoms with Crippen LogP contribution in [0.5, 0.6) is 0 Å². The zero-order valence-corrected chi connectivity index (χ0v) is 12.9. The fourth-order valence-corrected chi connectivity index (χ4v) is 2.35. The molecule has 1 heterocycles. The molecule has 114 valence electrons. The first kappa shape index (κ1) is 16.3. The van der Waals surface area contributed by atoms with Crippen molar-refractivity contribution in [2.24, 2.45) is 5.73 Å². The summed E-state index contributed by atoms with van der Waals surface area (Å²) < 4.78 is 0. The average Bonchev–Trinajstić information content (AvgIpc) is 2.49. The normalized spacial score (nSPS) is 11.7. The fraction of sp³-hybridized carbons (Fsp3) is 0.133. The van der Waals surface area contributed by atoms with E-state index in [1.165, 1.54) is 6.20 Å². The second-order valence-corrected chi connectivity index (χ2v) is 5.45. The minimum Gasteiger partial charge on any atom is -0.368 e. The number of nitrogens with two attached hydrogens (primary N) is 1. The molecule has 1 aromatic carbocycles. The van der Waals surface area contributed by atoms with Gasteiger partial charge in [0.05, 0.1) is 5.56 Å². The van der Waals surface area contributed by atoms with Crippen LogP contribution in [0.15, 0.2) is 42.7 Å². The van der Waals surface area contributed by atoms with Crippen LogP contribution in [0.4, 0.5) is 0 Å². The molecule has 2 amide bonds. The number of hydrogen-bond acceptors (Lipinski definition) is 3. The number of hydrogen-bond donors (Lipinski definition) is 2. The Balaban J connectivity index is 2.14. The molecule has 2 rings (SSSR count). The Kier molecular flexibility index (Phi) is 5.35. The van der Waals surface area contributed by atoms with Crippen molar-refractivity contribution in [1.29, 1.82) is 0 Å². The zero-order chi connectivity index (χ0) is 16.1. The monoisotopic (exact) mass is 337 g/mol. The summed E-state index contributed by atoms with van der Waals surface area (Å²) in [6, 6.07) is 7.26. The van der Waals surface area contributed by atoms with Crippen LogP contribution in [0.2, 0.25) is 10.0 Å². The summed E-state index contributed by atoms with van der Waals surface area (Å²) in [6.45, 7) is 0. The summed E-state index contributed by atoms with van der Waals surface area (Å²) in [4.78, 5) is 27.5. The Labute approximate surface area is 137 Å². The summed E-state index contributed by atoms with van der Waals surface area (Å²) in [5.74, 6) is -1.08. The van der Waals surface area contributed by atoms with E-state index < -0.39 is 17.9 Å². The molecular weight excluding hydrogens is 325 g/mol. The van der Waals surface area contributed by atoms with Gasteiger partial charge in [0.15, 0.2) is 0 Å². The van der Waals surface area contributed by atoms with E-state index in [0.717, 1.165) is 0 Å². The van der Waals surface area contributed by atoms with Gasteiger partial charge in [-0.3, -0.25) is 14.6 Å². The van der Waals surface area contributed by atoms with Crippen LogP contribution >= 0.6 is 23.2 Å². The van der Waals surface area contributed by atoms with E-state index >= 15 is 0 Å². The molecule has 0 spiro atoms. The quantitative estimate of drug-likeness (QED) is 0.877. The Hall–Kier alpha value is -2.11. The molecule has 0 saturated carbocycles. The Morgan fingerprint density at radius 1 is 1.27 bits per heavy atom. The molecule has 0 aliphatic carbocycles. The predicted molar refractivity (Wildman–Crippen MR) is 84.9 cm³/mol. The standard InChI is InChI=1S/C15H13Cl2N3O2/c16-11-4-3-9(12(17)7-11)6-13(14(18)21)20-15(22)10-2-1-5-19-8-10/h1-5,7-8,13H,6H2,(H2,18,21)(H,20,22)/t13-/m0/s1. The number of aromatic nitrogens is 1. The van der Waals surface area contributed by atoms with Crippen LogP contribution in [-0.2, 0) is 11.2 Å². The lowest BCUT2D eigenvalue weighted by Gasteiger charge is -2.16. The van der Waals surface area contributed by atoms with E-state index in [-0.39, 0.29) is 6.42 Å². The van der Waals surface area contributed by atoms with Crippen LogP contribution in [0, 0.1) is 0 Å². The molecule has 0 aliphatic rings. The number of benzene rings is 1. The highest BCUT2D eigenvalue weighted by Crippen LogP contribution is 2.22. The molecule has 22 heavy (non-hydrogen) atoms. The van der Waals surface area contributed by atoms with Crippen LogP contribution in [0.25, 0.3) is 0 Å². The van der Waals surface area contributed by atoms with Crippen LogP contribution in [0.1, 0.15) is 15.9 Å². The minimum absolute atomic E-state index is 0.178. The number of carbonyl (C=O) groups is 2. The van der Waals surface area contributed by atoms with Gasteiger partial charge < -0.3 is 11.1 Å². The third kappa shape index (κ3) is 4.19. The molecule has 3 N–H and O–H groups in total. The van der Waals surface area contributed by atoms with Crippen LogP contribution in [-0.4, -0.2) is 22.8 Å². The van der Waals surface area contributed by atoms with Crippen molar-refractivity contribution in [2.75, 3.05) is 0 Å². The fourth-order valence-electron chi connectivity index (χ4n) is 1.87.